The van der Waals surface area contributed by atoms with Crippen molar-refractivity contribution in [2.75, 3.05) is 26.2 Å². The number of ether oxygens (including phenoxy) is 1. The van der Waals surface area contributed by atoms with Gasteiger partial charge >= 0.3 is 0 Å². The molecule has 1 aliphatic carbocycles. The van der Waals surface area contributed by atoms with Crippen LogP contribution < -0.4 is 4.74 Å². The molecule has 4 rings (SSSR count). The summed E-state index contributed by atoms with van der Waals surface area (Å²) in [6.45, 7) is 6.62. The maximum absolute atomic E-state index is 5.90. The zero-order chi connectivity index (χ0) is 16.4. The molecule has 2 aliphatic rings. The van der Waals surface area contributed by atoms with E-state index in [-0.39, 0.29) is 0 Å². The zero-order valence-electron chi connectivity index (χ0n) is 14.6. The molecule has 0 spiro atoms. The molecule has 0 saturated carbocycles. The van der Waals surface area contributed by atoms with Crippen LogP contribution in [-0.2, 0) is 12.8 Å². The van der Waals surface area contributed by atoms with Crippen molar-refractivity contribution in [3.8, 4) is 11.4 Å². The Hall–Kier alpha value is -1.81. The molecule has 1 aromatic carbocycles. The smallest absolute Gasteiger partial charge is 0.119 e. The van der Waals surface area contributed by atoms with Crippen molar-refractivity contribution in [1.29, 1.82) is 0 Å². The van der Waals surface area contributed by atoms with E-state index >= 15 is 0 Å². The van der Waals surface area contributed by atoms with E-state index in [0.717, 1.165) is 37.4 Å². The topological polar surface area (TPSA) is 30.3 Å². The van der Waals surface area contributed by atoms with Crippen LogP contribution >= 0.6 is 0 Å². The summed E-state index contributed by atoms with van der Waals surface area (Å²) in [5.74, 6) is 0.959. The lowest BCUT2D eigenvalue weighted by atomic mass is 10.2. The number of aryl methyl sites for hydroxylation is 1. The predicted molar refractivity (Wildman–Crippen MR) is 96.1 cm³/mol. The van der Waals surface area contributed by atoms with E-state index in [4.69, 9.17) is 9.84 Å². The lowest BCUT2D eigenvalue weighted by molar-refractivity contribution is 0.263. The van der Waals surface area contributed by atoms with Crippen LogP contribution in [0.15, 0.2) is 24.3 Å². The highest BCUT2D eigenvalue weighted by molar-refractivity contribution is 5.42. The lowest BCUT2D eigenvalue weighted by Crippen LogP contribution is -2.21. The van der Waals surface area contributed by atoms with Crippen LogP contribution in [0.3, 0.4) is 0 Å². The number of hydrogen-bond acceptors (Lipinski definition) is 3. The van der Waals surface area contributed by atoms with Gasteiger partial charge < -0.3 is 9.64 Å². The summed E-state index contributed by atoms with van der Waals surface area (Å²) in [7, 11) is 0. The second-order valence-corrected chi connectivity index (χ2v) is 7.02. The van der Waals surface area contributed by atoms with Gasteiger partial charge in [0, 0.05) is 12.2 Å². The van der Waals surface area contributed by atoms with Crippen LogP contribution in [0.4, 0.5) is 0 Å². The van der Waals surface area contributed by atoms with Gasteiger partial charge in [-0.15, -0.1) is 0 Å². The SMILES string of the molecule is Cc1nn(-c2ccc(OCCCN3CCCC3)cc2)c2c1CCC2. The summed E-state index contributed by atoms with van der Waals surface area (Å²) in [5.41, 5.74) is 5.18. The Labute approximate surface area is 144 Å². The molecule has 0 N–H and O–H groups in total. The standard InChI is InChI=1S/C20H27N3O/c1-16-19-6-4-7-20(19)23(21-16)17-8-10-18(11-9-17)24-15-5-14-22-12-2-3-13-22/h8-11H,2-7,12-15H2,1H3. The Morgan fingerprint density at radius 1 is 1.04 bits per heavy atom. The molecule has 0 bridgehead atoms. The van der Waals surface area contributed by atoms with E-state index in [1.807, 2.05) is 0 Å². The van der Waals surface area contributed by atoms with E-state index < -0.39 is 0 Å². The lowest BCUT2D eigenvalue weighted by Gasteiger charge is -2.14. The number of hydrogen-bond donors (Lipinski definition) is 0. The molecule has 0 radical (unpaired) electrons. The summed E-state index contributed by atoms with van der Waals surface area (Å²) in [6, 6.07) is 8.40. The van der Waals surface area contributed by atoms with Gasteiger partial charge in [0.05, 0.1) is 18.0 Å². The molecule has 4 heteroatoms. The minimum absolute atomic E-state index is 0.798. The molecule has 0 unspecified atom stereocenters. The minimum Gasteiger partial charge on any atom is -0.494 e. The van der Waals surface area contributed by atoms with Crippen molar-refractivity contribution >= 4 is 0 Å². The second-order valence-electron chi connectivity index (χ2n) is 7.02. The third kappa shape index (κ3) is 3.20. The van der Waals surface area contributed by atoms with E-state index in [2.05, 4.69) is 40.8 Å². The van der Waals surface area contributed by atoms with Crippen LogP contribution in [0.1, 0.15) is 42.6 Å². The fraction of sp³-hybridized carbons (Fsp3) is 0.550. The number of nitrogens with zero attached hydrogens (tertiary/aromatic N) is 3. The molecule has 1 aliphatic heterocycles. The summed E-state index contributed by atoms with van der Waals surface area (Å²) >= 11 is 0. The molecule has 2 heterocycles. The van der Waals surface area contributed by atoms with Gasteiger partial charge in [-0.05, 0) is 88.4 Å². The molecule has 1 saturated heterocycles. The number of likely N-dealkylation sites (tertiary alicyclic amines) is 1. The van der Waals surface area contributed by atoms with E-state index in [1.54, 1.807) is 0 Å². The van der Waals surface area contributed by atoms with Crippen molar-refractivity contribution in [3.05, 3.63) is 41.2 Å². The quantitative estimate of drug-likeness (QED) is 0.761. The maximum Gasteiger partial charge on any atom is 0.119 e. The Kier molecular flexibility index (Phi) is 4.56. The first-order valence-electron chi connectivity index (χ1n) is 9.34. The number of rotatable bonds is 6. The first kappa shape index (κ1) is 15.7. The molecule has 1 aromatic heterocycles. The van der Waals surface area contributed by atoms with Crippen LogP contribution in [0.25, 0.3) is 5.69 Å². The average Bonchev–Trinajstić information content (AvgIpc) is 3.32. The first-order valence-corrected chi connectivity index (χ1v) is 9.34. The van der Waals surface area contributed by atoms with Gasteiger partial charge in [-0.3, -0.25) is 0 Å². The van der Waals surface area contributed by atoms with Gasteiger partial charge in [0.15, 0.2) is 0 Å². The largest absolute Gasteiger partial charge is 0.494 e. The molecule has 128 valence electrons. The van der Waals surface area contributed by atoms with Crippen molar-refractivity contribution in [2.24, 2.45) is 0 Å². The van der Waals surface area contributed by atoms with Crippen LogP contribution in [-0.4, -0.2) is 40.9 Å². The predicted octanol–water partition coefficient (Wildman–Crippen LogP) is 3.53. The zero-order valence-corrected chi connectivity index (χ0v) is 14.6. The van der Waals surface area contributed by atoms with Gasteiger partial charge in [-0.1, -0.05) is 0 Å². The molecule has 4 nitrogen and oxygen atoms in total. The second kappa shape index (κ2) is 6.98. The highest BCUT2D eigenvalue weighted by Gasteiger charge is 2.20. The summed E-state index contributed by atoms with van der Waals surface area (Å²) in [6.07, 6.45) is 7.40. The first-order chi connectivity index (χ1) is 11.8. The van der Waals surface area contributed by atoms with Crippen molar-refractivity contribution in [1.82, 2.24) is 14.7 Å². The fourth-order valence-electron chi connectivity index (χ4n) is 4.00. The monoisotopic (exact) mass is 325 g/mol. The van der Waals surface area contributed by atoms with Crippen LogP contribution in [0.5, 0.6) is 5.75 Å². The molecular weight excluding hydrogens is 298 g/mol. The van der Waals surface area contributed by atoms with E-state index in [9.17, 15) is 0 Å². The third-order valence-corrected chi connectivity index (χ3v) is 5.30. The fourth-order valence-corrected chi connectivity index (χ4v) is 4.00. The normalized spacial score (nSPS) is 17.4. The number of fused-ring (bicyclic) bond motifs is 1. The van der Waals surface area contributed by atoms with Crippen molar-refractivity contribution < 1.29 is 4.74 Å². The van der Waals surface area contributed by atoms with Gasteiger partial charge in [-0.25, -0.2) is 4.68 Å². The maximum atomic E-state index is 5.90. The number of benzene rings is 1. The molecule has 2 aromatic rings. The van der Waals surface area contributed by atoms with Gasteiger partial charge in [-0.2, -0.15) is 5.10 Å². The summed E-state index contributed by atoms with van der Waals surface area (Å²) < 4.78 is 8.02. The minimum atomic E-state index is 0.798. The average molecular weight is 325 g/mol. The molecule has 1 fully saturated rings. The van der Waals surface area contributed by atoms with Crippen LogP contribution in [0, 0.1) is 6.92 Å². The Morgan fingerprint density at radius 2 is 1.83 bits per heavy atom. The Morgan fingerprint density at radius 3 is 2.62 bits per heavy atom. The van der Waals surface area contributed by atoms with Crippen molar-refractivity contribution in [2.45, 2.75) is 45.4 Å². The molecule has 24 heavy (non-hydrogen) atoms. The number of aromatic nitrogens is 2. The van der Waals surface area contributed by atoms with Crippen molar-refractivity contribution in [3.63, 3.8) is 0 Å². The van der Waals surface area contributed by atoms with E-state index in [1.165, 1.54) is 55.7 Å². The van der Waals surface area contributed by atoms with E-state index in [0.29, 0.717) is 0 Å². The summed E-state index contributed by atoms with van der Waals surface area (Å²) in [5, 5.41) is 4.72. The Bertz CT molecular complexity index is 684. The molecular formula is C20H27N3O. The summed E-state index contributed by atoms with van der Waals surface area (Å²) in [4.78, 5) is 2.53. The van der Waals surface area contributed by atoms with Crippen LogP contribution in [0.2, 0.25) is 0 Å². The van der Waals surface area contributed by atoms with Gasteiger partial charge in [0.1, 0.15) is 5.75 Å². The highest BCUT2D eigenvalue weighted by atomic mass is 16.5. The van der Waals surface area contributed by atoms with Gasteiger partial charge in [0.2, 0.25) is 0 Å². The highest BCUT2D eigenvalue weighted by Crippen LogP contribution is 2.27. The van der Waals surface area contributed by atoms with Gasteiger partial charge in [0.25, 0.3) is 0 Å². The molecule has 0 atom stereocenters. The molecule has 0 amide bonds. The Balaban J connectivity index is 1.34. The third-order valence-electron chi connectivity index (χ3n) is 5.30.